The molecule has 1 fully saturated rings. The Hall–Kier alpha value is -2.25. The van der Waals surface area contributed by atoms with Crippen molar-refractivity contribution >= 4 is 5.91 Å². The average Bonchev–Trinajstić information content (AvgIpc) is 3.05. The smallest absolute Gasteiger partial charge is 0.226 e. The van der Waals surface area contributed by atoms with Gasteiger partial charge in [-0.25, -0.2) is 9.37 Å². The second kappa shape index (κ2) is 8.03. The SMILES string of the molecule is O=C(Cc1coc(-c2ccc(F)cc2)n1)NCCN1CCNCC1. The number of amides is 1. The van der Waals surface area contributed by atoms with Crippen molar-refractivity contribution < 1.29 is 13.6 Å². The molecule has 6 nitrogen and oxygen atoms in total. The van der Waals surface area contributed by atoms with E-state index in [9.17, 15) is 9.18 Å². The van der Waals surface area contributed by atoms with Crippen LogP contribution in [0.15, 0.2) is 34.9 Å². The Kier molecular flexibility index (Phi) is 5.55. The number of rotatable bonds is 6. The van der Waals surface area contributed by atoms with Gasteiger partial charge in [0.15, 0.2) is 0 Å². The Labute approximate surface area is 140 Å². The third-order valence-corrected chi connectivity index (χ3v) is 3.94. The molecule has 2 heterocycles. The second-order valence-corrected chi connectivity index (χ2v) is 5.77. The maximum absolute atomic E-state index is 12.9. The highest BCUT2D eigenvalue weighted by Crippen LogP contribution is 2.19. The summed E-state index contributed by atoms with van der Waals surface area (Å²) in [7, 11) is 0. The average molecular weight is 332 g/mol. The number of hydrogen-bond acceptors (Lipinski definition) is 5. The lowest BCUT2D eigenvalue weighted by molar-refractivity contribution is -0.120. The third-order valence-electron chi connectivity index (χ3n) is 3.94. The van der Waals surface area contributed by atoms with Gasteiger partial charge in [-0.05, 0) is 24.3 Å². The Morgan fingerprint density at radius 3 is 2.79 bits per heavy atom. The Bertz CT molecular complexity index is 665. The van der Waals surface area contributed by atoms with E-state index in [1.54, 1.807) is 12.1 Å². The van der Waals surface area contributed by atoms with Crippen LogP contribution in [0.25, 0.3) is 11.5 Å². The Morgan fingerprint density at radius 1 is 1.29 bits per heavy atom. The fourth-order valence-corrected chi connectivity index (χ4v) is 2.63. The van der Waals surface area contributed by atoms with E-state index < -0.39 is 0 Å². The molecule has 0 aliphatic carbocycles. The first-order valence-electron chi connectivity index (χ1n) is 8.11. The zero-order chi connectivity index (χ0) is 16.8. The molecule has 0 radical (unpaired) electrons. The van der Waals surface area contributed by atoms with Crippen molar-refractivity contribution in [3.63, 3.8) is 0 Å². The summed E-state index contributed by atoms with van der Waals surface area (Å²) in [5.74, 6) is -0.00268. The van der Waals surface area contributed by atoms with E-state index in [-0.39, 0.29) is 18.1 Å². The standard InChI is InChI=1S/C17H21FN4O2/c18-14-3-1-13(2-4-14)17-21-15(12-24-17)11-16(23)20-7-10-22-8-5-19-6-9-22/h1-4,12,19H,5-11H2,(H,20,23). The summed E-state index contributed by atoms with van der Waals surface area (Å²) in [4.78, 5) is 18.6. The van der Waals surface area contributed by atoms with Crippen molar-refractivity contribution in [1.82, 2.24) is 20.5 Å². The molecule has 2 N–H and O–H groups in total. The van der Waals surface area contributed by atoms with Crippen molar-refractivity contribution in [2.45, 2.75) is 6.42 Å². The van der Waals surface area contributed by atoms with Crippen molar-refractivity contribution in [1.29, 1.82) is 0 Å². The minimum atomic E-state index is -0.311. The largest absolute Gasteiger partial charge is 0.444 e. The summed E-state index contributed by atoms with van der Waals surface area (Å²) >= 11 is 0. The summed E-state index contributed by atoms with van der Waals surface area (Å²) < 4.78 is 18.3. The number of aromatic nitrogens is 1. The van der Waals surface area contributed by atoms with Crippen LogP contribution in [-0.4, -0.2) is 55.1 Å². The van der Waals surface area contributed by atoms with Crippen LogP contribution in [-0.2, 0) is 11.2 Å². The molecule has 1 aliphatic heterocycles. The highest BCUT2D eigenvalue weighted by molar-refractivity contribution is 5.78. The van der Waals surface area contributed by atoms with Crippen LogP contribution in [0.1, 0.15) is 5.69 Å². The molecule has 7 heteroatoms. The highest BCUT2D eigenvalue weighted by Gasteiger charge is 2.12. The van der Waals surface area contributed by atoms with Crippen molar-refractivity contribution in [2.75, 3.05) is 39.3 Å². The fraction of sp³-hybridized carbons (Fsp3) is 0.412. The third kappa shape index (κ3) is 4.62. The predicted octanol–water partition coefficient (Wildman–Crippen LogP) is 1.04. The molecule has 0 saturated carbocycles. The lowest BCUT2D eigenvalue weighted by Gasteiger charge is -2.27. The molecule has 128 valence electrons. The van der Waals surface area contributed by atoms with Crippen LogP contribution in [0.3, 0.4) is 0 Å². The van der Waals surface area contributed by atoms with Crippen LogP contribution in [0.2, 0.25) is 0 Å². The van der Waals surface area contributed by atoms with Crippen molar-refractivity contribution in [2.24, 2.45) is 0 Å². The van der Waals surface area contributed by atoms with Gasteiger partial charge in [-0.3, -0.25) is 9.69 Å². The van der Waals surface area contributed by atoms with Gasteiger partial charge in [0, 0.05) is 44.8 Å². The van der Waals surface area contributed by atoms with Crippen molar-refractivity contribution in [3.05, 3.63) is 42.0 Å². The van der Waals surface area contributed by atoms with E-state index in [2.05, 4.69) is 20.5 Å². The minimum Gasteiger partial charge on any atom is -0.444 e. The molecule has 0 bridgehead atoms. The van der Waals surface area contributed by atoms with Gasteiger partial charge in [0.25, 0.3) is 0 Å². The number of oxazole rings is 1. The van der Waals surface area contributed by atoms with E-state index >= 15 is 0 Å². The van der Waals surface area contributed by atoms with Gasteiger partial charge in [-0.1, -0.05) is 0 Å². The van der Waals surface area contributed by atoms with Gasteiger partial charge in [0.2, 0.25) is 11.8 Å². The molecule has 1 saturated heterocycles. The molecule has 1 aromatic carbocycles. The maximum atomic E-state index is 12.9. The summed E-state index contributed by atoms with van der Waals surface area (Å²) in [5, 5.41) is 6.20. The molecular weight excluding hydrogens is 311 g/mol. The maximum Gasteiger partial charge on any atom is 0.226 e. The van der Waals surface area contributed by atoms with Gasteiger partial charge in [-0.15, -0.1) is 0 Å². The molecule has 1 amide bonds. The topological polar surface area (TPSA) is 70.4 Å². The van der Waals surface area contributed by atoms with Crippen LogP contribution in [0.4, 0.5) is 4.39 Å². The molecule has 3 rings (SSSR count). The molecule has 1 aromatic heterocycles. The van der Waals surface area contributed by atoms with E-state index in [0.29, 0.717) is 23.7 Å². The van der Waals surface area contributed by atoms with Crippen LogP contribution < -0.4 is 10.6 Å². The number of halogens is 1. The summed E-state index contributed by atoms with van der Waals surface area (Å²) in [5.41, 5.74) is 1.25. The first kappa shape index (κ1) is 16.6. The quantitative estimate of drug-likeness (QED) is 0.827. The molecule has 0 spiro atoms. The molecule has 0 unspecified atom stereocenters. The van der Waals surface area contributed by atoms with E-state index in [1.807, 2.05) is 0 Å². The second-order valence-electron chi connectivity index (χ2n) is 5.77. The predicted molar refractivity (Wildman–Crippen MR) is 87.9 cm³/mol. The van der Waals surface area contributed by atoms with Gasteiger partial charge in [0.1, 0.15) is 12.1 Å². The number of nitrogens with one attached hydrogen (secondary N) is 2. The zero-order valence-electron chi connectivity index (χ0n) is 13.4. The summed E-state index contributed by atoms with van der Waals surface area (Å²) in [6.07, 6.45) is 1.64. The Balaban J connectivity index is 1.45. The highest BCUT2D eigenvalue weighted by atomic mass is 19.1. The lowest BCUT2D eigenvalue weighted by atomic mass is 10.2. The first-order chi connectivity index (χ1) is 11.7. The molecule has 0 atom stereocenters. The number of carbonyl (C=O) groups excluding carboxylic acids is 1. The molecular formula is C17H21FN4O2. The number of piperazine rings is 1. The van der Waals surface area contributed by atoms with Crippen LogP contribution >= 0.6 is 0 Å². The van der Waals surface area contributed by atoms with Gasteiger partial charge in [0.05, 0.1) is 12.1 Å². The van der Waals surface area contributed by atoms with Crippen molar-refractivity contribution in [3.8, 4) is 11.5 Å². The van der Waals surface area contributed by atoms with Crippen LogP contribution in [0.5, 0.6) is 0 Å². The number of carbonyl (C=O) groups is 1. The summed E-state index contributed by atoms with van der Waals surface area (Å²) in [6, 6.07) is 5.89. The van der Waals surface area contributed by atoms with Gasteiger partial charge in [-0.2, -0.15) is 0 Å². The monoisotopic (exact) mass is 332 g/mol. The number of nitrogens with zero attached hydrogens (tertiary/aromatic N) is 2. The first-order valence-corrected chi connectivity index (χ1v) is 8.11. The zero-order valence-corrected chi connectivity index (χ0v) is 13.4. The van der Waals surface area contributed by atoms with E-state index in [1.165, 1.54) is 18.4 Å². The number of hydrogen-bond donors (Lipinski definition) is 2. The summed E-state index contributed by atoms with van der Waals surface area (Å²) in [6.45, 7) is 5.51. The minimum absolute atomic E-state index is 0.0795. The molecule has 24 heavy (non-hydrogen) atoms. The normalized spacial score (nSPS) is 15.4. The number of benzene rings is 1. The molecule has 1 aliphatic rings. The van der Waals surface area contributed by atoms with Gasteiger partial charge >= 0.3 is 0 Å². The van der Waals surface area contributed by atoms with Crippen LogP contribution in [0, 0.1) is 5.82 Å². The van der Waals surface area contributed by atoms with Gasteiger partial charge < -0.3 is 15.1 Å². The fourth-order valence-electron chi connectivity index (χ4n) is 2.63. The lowest BCUT2D eigenvalue weighted by Crippen LogP contribution is -2.46. The van der Waals surface area contributed by atoms with E-state index in [4.69, 9.17) is 4.42 Å². The van der Waals surface area contributed by atoms with E-state index in [0.717, 1.165) is 32.7 Å². The Morgan fingerprint density at radius 2 is 2.04 bits per heavy atom. The molecule has 2 aromatic rings.